The number of nitrogens with zero attached hydrogens (tertiary/aromatic N) is 6. The Hall–Kier alpha value is -4.14. The number of aromatic amines is 1. The van der Waals surface area contributed by atoms with Crippen LogP contribution in [0.5, 0.6) is 0 Å². The van der Waals surface area contributed by atoms with Crippen LogP contribution in [0.15, 0.2) is 89.7 Å². The van der Waals surface area contributed by atoms with Crippen molar-refractivity contribution in [2.45, 2.75) is 57.2 Å². The lowest BCUT2D eigenvalue weighted by Gasteiger charge is -2.42. The quantitative estimate of drug-likeness (QED) is 0.264. The molecule has 7 rings (SSSR count). The molecule has 1 unspecified atom stereocenters. The van der Waals surface area contributed by atoms with E-state index in [1.807, 2.05) is 16.8 Å². The van der Waals surface area contributed by atoms with E-state index >= 15 is 0 Å². The highest BCUT2D eigenvalue weighted by Crippen LogP contribution is 2.35. The largest absolute Gasteiger partial charge is 0.322 e. The Morgan fingerprint density at radius 3 is 2.05 bits per heavy atom. The third-order valence-corrected chi connectivity index (χ3v) is 9.32. The van der Waals surface area contributed by atoms with Crippen molar-refractivity contribution in [1.82, 2.24) is 35.0 Å². The zero-order valence-electron chi connectivity index (χ0n) is 24.8. The Morgan fingerprint density at radius 1 is 0.767 bits per heavy atom. The monoisotopic (exact) mass is 573 g/mol. The number of fused-ring (bicyclic) bond motifs is 1. The maximum absolute atomic E-state index is 13.8. The molecule has 2 aliphatic rings. The molecule has 1 aliphatic carbocycles. The van der Waals surface area contributed by atoms with Gasteiger partial charge in [0.1, 0.15) is 6.04 Å². The van der Waals surface area contributed by atoms with Gasteiger partial charge in [0.15, 0.2) is 5.82 Å². The average molecular weight is 574 g/mol. The molecule has 1 saturated heterocycles. The van der Waals surface area contributed by atoms with Gasteiger partial charge >= 0.3 is 0 Å². The van der Waals surface area contributed by atoms with E-state index in [0.29, 0.717) is 5.56 Å². The molecular weight excluding hydrogens is 534 g/mol. The van der Waals surface area contributed by atoms with Gasteiger partial charge in [-0.2, -0.15) is 0 Å². The van der Waals surface area contributed by atoms with E-state index in [1.54, 1.807) is 0 Å². The summed E-state index contributed by atoms with van der Waals surface area (Å²) in [6.07, 6.45) is 5.77. The van der Waals surface area contributed by atoms with E-state index in [2.05, 4.69) is 110 Å². The minimum Gasteiger partial charge on any atom is -0.322 e. The highest BCUT2D eigenvalue weighted by atomic mass is 16.1. The molecule has 1 saturated carbocycles. The van der Waals surface area contributed by atoms with Gasteiger partial charge in [0.2, 0.25) is 0 Å². The molecule has 8 nitrogen and oxygen atoms in total. The van der Waals surface area contributed by atoms with Gasteiger partial charge in [-0.1, -0.05) is 91.6 Å². The first-order valence-corrected chi connectivity index (χ1v) is 15.6. The summed E-state index contributed by atoms with van der Waals surface area (Å²) in [4.78, 5) is 21.9. The molecule has 8 heteroatoms. The number of piperazine rings is 1. The number of aromatic nitrogens is 5. The van der Waals surface area contributed by atoms with E-state index in [1.165, 1.54) is 30.4 Å². The Morgan fingerprint density at radius 2 is 1.40 bits per heavy atom. The molecular formula is C35H39N7O. The number of hydrogen-bond donors (Lipinski definition) is 1. The fraction of sp³-hybridized carbons (Fsp3) is 0.371. The second-order valence-electron chi connectivity index (χ2n) is 12.1. The molecule has 43 heavy (non-hydrogen) atoms. The molecule has 2 fully saturated rings. The van der Waals surface area contributed by atoms with E-state index in [0.717, 1.165) is 61.3 Å². The Kier molecular flexibility index (Phi) is 7.87. The van der Waals surface area contributed by atoms with Gasteiger partial charge < -0.3 is 4.98 Å². The standard InChI is InChI=1S/C35H39N7O/c1-25-17-18-31-28(23-25)24-30(35(43)36-31)33(34-37-38-39-42(34)29-15-9-4-10-16-29)41-21-19-40(20-22-41)32(26-11-5-2-6-12-26)27-13-7-3-8-14-27/h2-3,5-8,11-14,17-18,23-24,29,32-33H,4,9-10,15-16,19-22H2,1H3,(H,36,43). The lowest BCUT2D eigenvalue weighted by Crippen LogP contribution is -2.50. The van der Waals surface area contributed by atoms with Crippen molar-refractivity contribution in [3.05, 3.63) is 123 Å². The molecule has 0 radical (unpaired) electrons. The van der Waals surface area contributed by atoms with E-state index in [-0.39, 0.29) is 23.7 Å². The minimum absolute atomic E-state index is 0.0755. The highest BCUT2D eigenvalue weighted by molar-refractivity contribution is 5.79. The van der Waals surface area contributed by atoms with Crippen LogP contribution < -0.4 is 5.56 Å². The fourth-order valence-corrected chi connectivity index (χ4v) is 7.15. The molecule has 0 amide bonds. The highest BCUT2D eigenvalue weighted by Gasteiger charge is 2.36. The molecule has 1 N–H and O–H groups in total. The normalized spacial score (nSPS) is 17.9. The van der Waals surface area contributed by atoms with Crippen LogP contribution in [0, 0.1) is 6.92 Å². The topological polar surface area (TPSA) is 82.9 Å². The Balaban J connectivity index is 1.25. The maximum Gasteiger partial charge on any atom is 0.253 e. The second kappa shape index (κ2) is 12.2. The second-order valence-corrected chi connectivity index (χ2v) is 12.1. The Bertz CT molecular complexity index is 1680. The summed E-state index contributed by atoms with van der Waals surface area (Å²) < 4.78 is 2.03. The molecule has 3 aromatic carbocycles. The van der Waals surface area contributed by atoms with E-state index in [9.17, 15) is 4.79 Å². The zero-order chi connectivity index (χ0) is 29.2. The number of hydrogen-bond acceptors (Lipinski definition) is 6. The molecule has 0 bridgehead atoms. The van der Waals surface area contributed by atoms with Crippen LogP contribution in [-0.4, -0.2) is 61.2 Å². The molecule has 220 valence electrons. The molecule has 3 heterocycles. The van der Waals surface area contributed by atoms with Crippen molar-refractivity contribution < 1.29 is 0 Å². The molecule has 1 aliphatic heterocycles. The van der Waals surface area contributed by atoms with Gasteiger partial charge in [-0.15, -0.1) is 5.10 Å². The van der Waals surface area contributed by atoms with Crippen molar-refractivity contribution in [3.63, 3.8) is 0 Å². The van der Waals surface area contributed by atoms with Gasteiger partial charge in [-0.05, 0) is 64.9 Å². The lowest BCUT2D eigenvalue weighted by molar-refractivity contribution is 0.0845. The van der Waals surface area contributed by atoms with Crippen LogP contribution in [0.25, 0.3) is 10.9 Å². The summed E-state index contributed by atoms with van der Waals surface area (Å²) >= 11 is 0. The number of H-pyrrole nitrogens is 1. The molecule has 0 spiro atoms. The van der Waals surface area contributed by atoms with Crippen LogP contribution in [-0.2, 0) is 0 Å². The summed E-state index contributed by atoms with van der Waals surface area (Å²) in [5.74, 6) is 0.778. The van der Waals surface area contributed by atoms with E-state index < -0.39 is 0 Å². The molecule has 5 aromatic rings. The minimum atomic E-state index is -0.334. The molecule has 1 atom stereocenters. The van der Waals surface area contributed by atoms with Crippen molar-refractivity contribution in [1.29, 1.82) is 0 Å². The first-order chi connectivity index (χ1) is 21.2. The summed E-state index contributed by atoms with van der Waals surface area (Å²) in [5, 5.41) is 14.4. The first-order valence-electron chi connectivity index (χ1n) is 15.6. The third-order valence-electron chi connectivity index (χ3n) is 9.32. The Labute approximate surface area is 252 Å². The number of benzene rings is 3. The van der Waals surface area contributed by atoms with Gasteiger partial charge in [0.05, 0.1) is 12.1 Å². The lowest BCUT2D eigenvalue weighted by atomic mass is 9.94. The van der Waals surface area contributed by atoms with Crippen LogP contribution >= 0.6 is 0 Å². The number of aryl methyl sites for hydroxylation is 1. The van der Waals surface area contributed by atoms with Crippen molar-refractivity contribution in [2.75, 3.05) is 26.2 Å². The zero-order valence-corrected chi connectivity index (χ0v) is 24.8. The van der Waals surface area contributed by atoms with Crippen molar-refractivity contribution >= 4 is 10.9 Å². The summed E-state index contributed by atoms with van der Waals surface area (Å²) in [7, 11) is 0. The molecule has 2 aromatic heterocycles. The van der Waals surface area contributed by atoms with Gasteiger partial charge in [-0.25, -0.2) is 4.68 Å². The fourth-order valence-electron chi connectivity index (χ4n) is 7.15. The average Bonchev–Trinajstić information content (AvgIpc) is 3.53. The summed E-state index contributed by atoms with van der Waals surface area (Å²) in [6, 6.07) is 29.9. The number of pyridine rings is 1. The van der Waals surface area contributed by atoms with Crippen LogP contribution in [0.2, 0.25) is 0 Å². The predicted molar refractivity (Wildman–Crippen MR) is 169 cm³/mol. The van der Waals surface area contributed by atoms with Gasteiger partial charge in [0.25, 0.3) is 5.56 Å². The van der Waals surface area contributed by atoms with Crippen LogP contribution in [0.1, 0.15) is 78.3 Å². The SMILES string of the molecule is Cc1ccc2[nH]c(=O)c(C(c3nnnn3C3CCCCC3)N3CCN(C(c4ccccc4)c4ccccc4)CC3)cc2c1. The maximum atomic E-state index is 13.8. The van der Waals surface area contributed by atoms with Crippen LogP contribution in [0.4, 0.5) is 0 Å². The predicted octanol–water partition coefficient (Wildman–Crippen LogP) is 5.82. The van der Waals surface area contributed by atoms with Gasteiger partial charge in [-0.3, -0.25) is 14.6 Å². The summed E-state index contributed by atoms with van der Waals surface area (Å²) in [5.41, 5.74) is 5.23. The number of nitrogens with one attached hydrogen (secondary N) is 1. The third kappa shape index (κ3) is 5.65. The number of tetrazole rings is 1. The van der Waals surface area contributed by atoms with Crippen molar-refractivity contribution in [2.24, 2.45) is 0 Å². The van der Waals surface area contributed by atoms with Gasteiger partial charge in [0, 0.05) is 37.3 Å². The van der Waals surface area contributed by atoms with Crippen molar-refractivity contribution in [3.8, 4) is 0 Å². The van der Waals surface area contributed by atoms with Crippen LogP contribution in [0.3, 0.4) is 0 Å². The van der Waals surface area contributed by atoms with E-state index in [4.69, 9.17) is 0 Å². The first kappa shape index (κ1) is 27.7. The summed E-state index contributed by atoms with van der Waals surface area (Å²) in [6.45, 7) is 5.40. The number of rotatable bonds is 7. The smallest absolute Gasteiger partial charge is 0.253 e.